The third-order valence-corrected chi connectivity index (χ3v) is 7.42. The monoisotopic (exact) mass is 487 g/mol. The minimum absolute atomic E-state index is 0.00888. The Morgan fingerprint density at radius 2 is 1.70 bits per heavy atom. The summed E-state index contributed by atoms with van der Waals surface area (Å²) in [6, 6.07) is 4.02. The highest BCUT2D eigenvalue weighted by Gasteiger charge is 2.40. The van der Waals surface area contributed by atoms with Gasteiger partial charge in [-0.1, -0.05) is 12.1 Å². The third kappa shape index (κ3) is 4.76. The number of nitrogens with zero attached hydrogens (tertiary/aromatic N) is 2. The number of carbonyl (C=O) groups is 2. The highest BCUT2D eigenvalue weighted by molar-refractivity contribution is 7.89. The molecule has 1 N–H and O–H groups in total. The van der Waals surface area contributed by atoms with Gasteiger partial charge in [-0.3, -0.25) is 4.79 Å². The van der Waals surface area contributed by atoms with E-state index in [4.69, 9.17) is 4.74 Å². The summed E-state index contributed by atoms with van der Waals surface area (Å²) in [5.74, 6) is -0.985. The molecule has 2 aromatic rings. The number of aromatic amines is 1. The van der Waals surface area contributed by atoms with Crippen molar-refractivity contribution < 1.29 is 35.9 Å². The zero-order valence-electron chi connectivity index (χ0n) is 18.3. The summed E-state index contributed by atoms with van der Waals surface area (Å²) in [6.45, 7) is 4.75. The first-order valence-corrected chi connectivity index (χ1v) is 11.7. The van der Waals surface area contributed by atoms with Crippen LogP contribution in [-0.2, 0) is 20.9 Å². The summed E-state index contributed by atoms with van der Waals surface area (Å²) in [4.78, 5) is 28.6. The molecule has 1 fully saturated rings. The molecular formula is C21H24F3N3O5S. The zero-order chi connectivity index (χ0) is 24.6. The van der Waals surface area contributed by atoms with Gasteiger partial charge < -0.3 is 14.6 Å². The van der Waals surface area contributed by atoms with Crippen LogP contribution in [0.25, 0.3) is 0 Å². The van der Waals surface area contributed by atoms with Crippen LogP contribution in [0.3, 0.4) is 0 Å². The molecule has 1 aromatic carbocycles. The number of hydrogen-bond donors (Lipinski definition) is 1. The second kappa shape index (κ2) is 9.18. The van der Waals surface area contributed by atoms with Crippen LogP contribution in [0, 0.1) is 13.8 Å². The second-order valence-electron chi connectivity index (χ2n) is 7.54. The largest absolute Gasteiger partial charge is 0.461 e. The van der Waals surface area contributed by atoms with Crippen molar-refractivity contribution in [1.82, 2.24) is 14.2 Å². The van der Waals surface area contributed by atoms with Gasteiger partial charge in [0, 0.05) is 31.9 Å². The molecule has 0 aliphatic carbocycles. The fraction of sp³-hybridized carbons (Fsp3) is 0.429. The Morgan fingerprint density at radius 3 is 2.27 bits per heavy atom. The van der Waals surface area contributed by atoms with Crippen LogP contribution in [0.4, 0.5) is 13.2 Å². The van der Waals surface area contributed by atoms with Crippen molar-refractivity contribution in [2.24, 2.45) is 0 Å². The molecule has 3 rings (SSSR count). The lowest BCUT2D eigenvalue weighted by Gasteiger charge is -2.34. The van der Waals surface area contributed by atoms with E-state index in [2.05, 4.69) is 4.98 Å². The first-order chi connectivity index (χ1) is 15.4. The zero-order valence-corrected chi connectivity index (χ0v) is 19.1. The number of nitrogens with one attached hydrogen (secondary N) is 1. The lowest BCUT2D eigenvalue weighted by atomic mass is 10.1. The van der Waals surface area contributed by atoms with Crippen LogP contribution in [0.15, 0.2) is 29.2 Å². The summed E-state index contributed by atoms with van der Waals surface area (Å²) in [5.41, 5.74) is 0.118. The first-order valence-electron chi connectivity index (χ1n) is 10.2. The number of benzene rings is 1. The van der Waals surface area contributed by atoms with Crippen LogP contribution in [-0.4, -0.2) is 67.3 Å². The molecule has 0 unspecified atom stereocenters. The molecule has 0 spiro atoms. The Hall–Kier alpha value is -2.86. The fourth-order valence-electron chi connectivity index (χ4n) is 3.83. The molecule has 2 heterocycles. The van der Waals surface area contributed by atoms with E-state index < -0.39 is 38.5 Å². The fourth-order valence-corrected chi connectivity index (χ4v) is 5.47. The Kier molecular flexibility index (Phi) is 6.89. The van der Waals surface area contributed by atoms with Crippen molar-refractivity contribution in [3.63, 3.8) is 0 Å². The van der Waals surface area contributed by atoms with E-state index in [1.807, 2.05) is 0 Å². The number of carbonyl (C=O) groups excluding carboxylic acids is 2. The van der Waals surface area contributed by atoms with Gasteiger partial charge in [0.2, 0.25) is 10.0 Å². The molecule has 12 heteroatoms. The maximum absolute atomic E-state index is 13.3. The van der Waals surface area contributed by atoms with Gasteiger partial charge in [0.05, 0.1) is 22.6 Å². The molecule has 0 saturated carbocycles. The molecule has 0 radical (unpaired) electrons. The van der Waals surface area contributed by atoms with Crippen molar-refractivity contribution in [2.45, 2.75) is 31.8 Å². The van der Waals surface area contributed by atoms with E-state index in [0.29, 0.717) is 11.3 Å². The van der Waals surface area contributed by atoms with Crippen molar-refractivity contribution in [2.75, 3.05) is 32.8 Å². The molecular weight excluding hydrogens is 463 g/mol. The smallest absolute Gasteiger partial charge is 0.417 e. The number of ether oxygens (including phenoxy) is 1. The van der Waals surface area contributed by atoms with E-state index in [1.54, 1.807) is 20.8 Å². The molecule has 1 saturated heterocycles. The Morgan fingerprint density at radius 1 is 1.09 bits per heavy atom. The average molecular weight is 488 g/mol. The summed E-state index contributed by atoms with van der Waals surface area (Å²) < 4.78 is 71.7. The van der Waals surface area contributed by atoms with Gasteiger partial charge in [-0.05, 0) is 38.5 Å². The van der Waals surface area contributed by atoms with Crippen molar-refractivity contribution in [1.29, 1.82) is 0 Å². The minimum Gasteiger partial charge on any atom is -0.461 e. The number of aryl methyl sites for hydroxylation is 1. The Bertz CT molecular complexity index is 1170. The lowest BCUT2D eigenvalue weighted by Crippen LogP contribution is -2.50. The maximum Gasteiger partial charge on any atom is 0.417 e. The number of piperazine rings is 1. The van der Waals surface area contributed by atoms with Crippen LogP contribution in [0.2, 0.25) is 0 Å². The van der Waals surface area contributed by atoms with Gasteiger partial charge in [-0.2, -0.15) is 17.5 Å². The summed E-state index contributed by atoms with van der Waals surface area (Å²) in [5, 5.41) is 0. The van der Waals surface area contributed by atoms with Gasteiger partial charge in [0.15, 0.2) is 0 Å². The number of H-pyrrole nitrogens is 1. The number of alkyl halides is 3. The van der Waals surface area contributed by atoms with Crippen LogP contribution < -0.4 is 0 Å². The number of esters is 1. The predicted molar refractivity (Wildman–Crippen MR) is 112 cm³/mol. The number of amides is 1. The molecule has 1 aromatic heterocycles. The normalized spacial score (nSPS) is 15.5. The summed E-state index contributed by atoms with van der Waals surface area (Å²) in [6.07, 6.45) is -4.82. The third-order valence-electron chi connectivity index (χ3n) is 5.47. The Balaban J connectivity index is 1.79. The van der Waals surface area contributed by atoms with Crippen LogP contribution in [0.5, 0.6) is 0 Å². The molecule has 1 aliphatic rings. The van der Waals surface area contributed by atoms with Gasteiger partial charge in [0.25, 0.3) is 5.91 Å². The summed E-state index contributed by atoms with van der Waals surface area (Å²) >= 11 is 0. The van der Waals surface area contributed by atoms with E-state index in [1.165, 1.54) is 11.0 Å². The topological polar surface area (TPSA) is 99.8 Å². The SMILES string of the molecule is CCOC(=O)c1[nH]c(C)c(C(=O)N2CCN(S(=O)(=O)c3ccccc3C(F)(F)F)CC2)c1C. The number of sulfonamides is 1. The van der Waals surface area contributed by atoms with E-state index in [-0.39, 0.29) is 44.0 Å². The lowest BCUT2D eigenvalue weighted by molar-refractivity contribution is -0.139. The van der Waals surface area contributed by atoms with Crippen molar-refractivity contribution >= 4 is 21.9 Å². The molecule has 0 atom stereocenters. The van der Waals surface area contributed by atoms with Gasteiger partial charge >= 0.3 is 12.1 Å². The van der Waals surface area contributed by atoms with Gasteiger partial charge in [0.1, 0.15) is 5.69 Å². The Labute approximate surface area is 189 Å². The van der Waals surface area contributed by atoms with E-state index in [9.17, 15) is 31.2 Å². The molecule has 1 amide bonds. The first kappa shape index (κ1) is 24.8. The highest BCUT2D eigenvalue weighted by Crippen LogP contribution is 2.35. The van der Waals surface area contributed by atoms with Crippen LogP contribution >= 0.6 is 0 Å². The minimum atomic E-state index is -4.82. The molecule has 180 valence electrons. The number of halogens is 3. The summed E-state index contributed by atoms with van der Waals surface area (Å²) in [7, 11) is -4.41. The quantitative estimate of drug-likeness (QED) is 0.654. The van der Waals surface area contributed by atoms with Crippen molar-refractivity contribution in [3.05, 3.63) is 52.3 Å². The van der Waals surface area contributed by atoms with E-state index >= 15 is 0 Å². The number of hydrogen-bond acceptors (Lipinski definition) is 5. The molecule has 33 heavy (non-hydrogen) atoms. The highest BCUT2D eigenvalue weighted by atomic mass is 32.2. The molecule has 1 aliphatic heterocycles. The second-order valence-corrected chi connectivity index (χ2v) is 9.44. The number of aromatic nitrogens is 1. The van der Waals surface area contributed by atoms with Crippen molar-refractivity contribution in [3.8, 4) is 0 Å². The molecule has 0 bridgehead atoms. The van der Waals surface area contributed by atoms with Gasteiger partial charge in [-0.15, -0.1) is 0 Å². The predicted octanol–water partition coefficient (Wildman–Crippen LogP) is 2.97. The number of rotatable bonds is 5. The van der Waals surface area contributed by atoms with Crippen LogP contribution in [0.1, 0.15) is 44.6 Å². The van der Waals surface area contributed by atoms with Gasteiger partial charge in [-0.25, -0.2) is 13.2 Å². The average Bonchev–Trinajstić information content (AvgIpc) is 3.07. The maximum atomic E-state index is 13.3. The van der Waals surface area contributed by atoms with E-state index in [0.717, 1.165) is 22.5 Å². The molecule has 8 nitrogen and oxygen atoms in total. The standard InChI is InChI=1S/C21H24F3N3O5S/c1-4-32-20(29)18-13(2)17(14(3)25-18)19(28)26-9-11-27(12-10-26)33(30,31)16-8-6-5-7-15(16)21(22,23)24/h5-8,25H,4,9-12H2,1-3H3.